The van der Waals surface area contributed by atoms with Crippen molar-refractivity contribution in [2.45, 2.75) is 26.4 Å². The van der Waals surface area contributed by atoms with Gasteiger partial charge in [-0.15, -0.1) is 0 Å². The first-order valence-corrected chi connectivity index (χ1v) is 6.67. The Kier molecular flexibility index (Phi) is 5.75. The summed E-state index contributed by atoms with van der Waals surface area (Å²) in [6.07, 6.45) is 0. The molecule has 1 atom stereocenters. The lowest BCUT2D eigenvalue weighted by Crippen LogP contribution is -2.42. The molecule has 0 heterocycles. The van der Waals surface area contributed by atoms with Crippen LogP contribution >= 0.6 is 15.9 Å². The molecule has 0 aliphatic rings. The van der Waals surface area contributed by atoms with Crippen LogP contribution in [0.4, 0.5) is 4.39 Å². The monoisotopic (exact) mass is 316 g/mol. The molecule has 5 heteroatoms. The number of nitrogens with one attached hydrogen (secondary N) is 1. The highest BCUT2D eigenvalue weighted by molar-refractivity contribution is 9.10. The summed E-state index contributed by atoms with van der Waals surface area (Å²) in [7, 11) is 1.75. The summed E-state index contributed by atoms with van der Waals surface area (Å²) in [6.45, 7) is 4.69. The minimum absolute atomic E-state index is 0.00732. The summed E-state index contributed by atoms with van der Waals surface area (Å²) < 4.78 is 14.3. The molecule has 1 aromatic rings. The number of rotatable bonds is 5. The molecule has 0 saturated heterocycles. The van der Waals surface area contributed by atoms with Gasteiger partial charge in [-0.05, 0) is 32.0 Å². The Morgan fingerprint density at radius 3 is 2.83 bits per heavy atom. The highest BCUT2D eigenvalue weighted by Gasteiger charge is 2.16. The number of hydrogen-bond acceptors (Lipinski definition) is 2. The van der Waals surface area contributed by atoms with Crippen LogP contribution in [-0.2, 0) is 11.3 Å². The van der Waals surface area contributed by atoms with Gasteiger partial charge in [0.05, 0.1) is 6.04 Å². The highest BCUT2D eigenvalue weighted by Crippen LogP contribution is 2.15. The van der Waals surface area contributed by atoms with Crippen molar-refractivity contribution in [1.29, 1.82) is 0 Å². The summed E-state index contributed by atoms with van der Waals surface area (Å²) in [5.74, 6) is -0.262. The van der Waals surface area contributed by atoms with Crippen LogP contribution in [0.5, 0.6) is 0 Å². The summed E-state index contributed by atoms with van der Waals surface area (Å²) in [5.41, 5.74) is 0.545. The number of benzene rings is 1. The van der Waals surface area contributed by atoms with Crippen LogP contribution in [0.1, 0.15) is 19.4 Å². The number of hydrogen-bond donors (Lipinski definition) is 1. The van der Waals surface area contributed by atoms with Gasteiger partial charge in [-0.2, -0.15) is 0 Å². The van der Waals surface area contributed by atoms with E-state index in [4.69, 9.17) is 0 Å². The van der Waals surface area contributed by atoms with Crippen molar-refractivity contribution in [3.8, 4) is 0 Å². The molecule has 0 aliphatic heterocycles. The summed E-state index contributed by atoms with van der Waals surface area (Å²) in [6, 6.07) is 4.45. The zero-order valence-corrected chi connectivity index (χ0v) is 12.4. The first-order valence-electron chi connectivity index (χ1n) is 5.88. The first-order chi connectivity index (χ1) is 8.45. The van der Waals surface area contributed by atoms with E-state index in [1.165, 1.54) is 6.07 Å². The summed E-state index contributed by atoms with van der Waals surface area (Å²) in [4.78, 5) is 13.4. The van der Waals surface area contributed by atoms with Crippen LogP contribution in [0.15, 0.2) is 22.7 Å². The Labute approximate surface area is 115 Å². The molecule has 0 fully saturated rings. The van der Waals surface area contributed by atoms with Crippen molar-refractivity contribution in [3.05, 3.63) is 34.1 Å². The summed E-state index contributed by atoms with van der Waals surface area (Å²) in [5, 5.41) is 3.03. The van der Waals surface area contributed by atoms with E-state index in [2.05, 4.69) is 21.2 Å². The molecule has 1 unspecified atom stereocenters. The van der Waals surface area contributed by atoms with Gasteiger partial charge in [0, 0.05) is 30.2 Å². The van der Waals surface area contributed by atoms with E-state index >= 15 is 0 Å². The minimum atomic E-state index is -0.326. The fourth-order valence-electron chi connectivity index (χ4n) is 1.52. The molecule has 0 bridgehead atoms. The molecule has 0 saturated carbocycles. The van der Waals surface area contributed by atoms with Crippen molar-refractivity contribution in [3.63, 3.8) is 0 Å². The smallest absolute Gasteiger partial charge is 0.239 e. The number of carbonyl (C=O) groups excluding carboxylic acids is 1. The van der Waals surface area contributed by atoms with Crippen molar-refractivity contribution in [2.24, 2.45) is 0 Å². The maximum Gasteiger partial charge on any atom is 0.239 e. The number of likely N-dealkylation sites (N-methyl/N-ethyl adjacent to an activating group) is 1. The number of halogens is 2. The average Bonchev–Trinajstić information content (AvgIpc) is 2.37. The molecule has 100 valence electrons. The third-order valence-corrected chi connectivity index (χ3v) is 3.32. The van der Waals surface area contributed by atoms with Crippen molar-refractivity contribution >= 4 is 21.8 Å². The predicted molar refractivity (Wildman–Crippen MR) is 73.7 cm³/mol. The topological polar surface area (TPSA) is 32.3 Å². The Morgan fingerprint density at radius 2 is 2.22 bits per heavy atom. The second kappa shape index (κ2) is 6.85. The Balaban J connectivity index is 2.59. The maximum atomic E-state index is 13.5. The van der Waals surface area contributed by atoms with E-state index in [1.54, 1.807) is 31.0 Å². The van der Waals surface area contributed by atoms with Crippen molar-refractivity contribution < 1.29 is 9.18 Å². The number of amides is 1. The molecule has 1 N–H and O–H groups in total. The van der Waals surface area contributed by atoms with Crippen molar-refractivity contribution in [2.75, 3.05) is 13.6 Å². The zero-order chi connectivity index (χ0) is 13.7. The van der Waals surface area contributed by atoms with Crippen LogP contribution in [0, 0.1) is 5.82 Å². The number of nitrogens with zero attached hydrogens (tertiary/aromatic N) is 1. The van der Waals surface area contributed by atoms with Crippen LogP contribution < -0.4 is 5.32 Å². The van der Waals surface area contributed by atoms with Gasteiger partial charge in [-0.3, -0.25) is 4.79 Å². The average molecular weight is 317 g/mol. The van der Waals surface area contributed by atoms with Gasteiger partial charge < -0.3 is 10.2 Å². The summed E-state index contributed by atoms with van der Waals surface area (Å²) >= 11 is 3.30. The normalized spacial score (nSPS) is 12.3. The van der Waals surface area contributed by atoms with Crippen LogP contribution in [0.25, 0.3) is 0 Å². The molecule has 0 aliphatic carbocycles. The van der Waals surface area contributed by atoms with E-state index in [-0.39, 0.29) is 17.8 Å². The molecular weight excluding hydrogens is 299 g/mol. The van der Waals surface area contributed by atoms with Gasteiger partial charge in [0.2, 0.25) is 5.91 Å². The molecule has 18 heavy (non-hydrogen) atoms. The van der Waals surface area contributed by atoms with E-state index in [0.717, 1.165) is 4.47 Å². The molecule has 1 aromatic carbocycles. The Hall–Kier alpha value is -0.940. The fraction of sp³-hybridized carbons (Fsp3) is 0.462. The first kappa shape index (κ1) is 15.1. The molecule has 3 nitrogen and oxygen atoms in total. The quantitative estimate of drug-likeness (QED) is 0.905. The molecule has 1 rings (SSSR count). The van der Waals surface area contributed by atoms with Crippen molar-refractivity contribution in [1.82, 2.24) is 10.2 Å². The van der Waals surface area contributed by atoms with Gasteiger partial charge in [-0.25, -0.2) is 4.39 Å². The largest absolute Gasteiger partial charge is 0.345 e. The molecule has 1 amide bonds. The Morgan fingerprint density at radius 1 is 1.56 bits per heavy atom. The predicted octanol–water partition coefficient (Wildman–Crippen LogP) is 2.54. The lowest BCUT2D eigenvalue weighted by Gasteiger charge is -2.20. The highest BCUT2D eigenvalue weighted by atomic mass is 79.9. The lowest BCUT2D eigenvalue weighted by atomic mass is 10.2. The lowest BCUT2D eigenvalue weighted by molar-refractivity contribution is -0.131. The van der Waals surface area contributed by atoms with E-state index in [1.807, 2.05) is 6.92 Å². The van der Waals surface area contributed by atoms with E-state index < -0.39 is 0 Å². The van der Waals surface area contributed by atoms with Crippen LogP contribution in [0.3, 0.4) is 0 Å². The van der Waals surface area contributed by atoms with Gasteiger partial charge >= 0.3 is 0 Å². The molecule has 0 spiro atoms. The minimum Gasteiger partial charge on any atom is -0.345 e. The van der Waals surface area contributed by atoms with E-state index in [0.29, 0.717) is 18.7 Å². The fourth-order valence-corrected chi connectivity index (χ4v) is 1.92. The van der Waals surface area contributed by atoms with Gasteiger partial charge in [0.15, 0.2) is 0 Å². The third-order valence-electron chi connectivity index (χ3n) is 2.83. The molecule has 0 aromatic heterocycles. The van der Waals surface area contributed by atoms with Crippen LogP contribution in [0.2, 0.25) is 0 Å². The van der Waals surface area contributed by atoms with Gasteiger partial charge in [-0.1, -0.05) is 15.9 Å². The number of carbonyl (C=O) groups is 1. The van der Waals surface area contributed by atoms with E-state index in [9.17, 15) is 9.18 Å². The third kappa shape index (κ3) is 4.07. The van der Waals surface area contributed by atoms with Gasteiger partial charge in [0.25, 0.3) is 0 Å². The molecular formula is C13H18BrFN2O. The SMILES string of the molecule is CCN(C)C(=O)C(C)NCc1cc(Br)ccc1F. The zero-order valence-electron chi connectivity index (χ0n) is 10.8. The second-order valence-corrected chi connectivity index (χ2v) is 5.11. The Bertz CT molecular complexity index is 425. The second-order valence-electron chi connectivity index (χ2n) is 4.19. The maximum absolute atomic E-state index is 13.5. The van der Waals surface area contributed by atoms with Gasteiger partial charge in [0.1, 0.15) is 5.82 Å². The standard InChI is InChI=1S/C13H18BrFN2O/c1-4-17(3)13(18)9(2)16-8-10-7-11(14)5-6-12(10)15/h5-7,9,16H,4,8H2,1-3H3. The molecule has 0 radical (unpaired) electrons. The van der Waals surface area contributed by atoms with Crippen LogP contribution in [-0.4, -0.2) is 30.4 Å².